The number of hydrogen-bond donors (Lipinski definition) is 1. The smallest absolute Gasteiger partial charge is 0.242 e. The lowest BCUT2D eigenvalue weighted by Crippen LogP contribution is -2.42. The van der Waals surface area contributed by atoms with Gasteiger partial charge in [0.2, 0.25) is 5.91 Å². The molecule has 2 heterocycles. The Hall–Kier alpha value is -1.36. The summed E-state index contributed by atoms with van der Waals surface area (Å²) in [4.78, 5) is 17.3. The molecule has 1 saturated heterocycles. The lowest BCUT2D eigenvalue weighted by Gasteiger charge is -2.24. The third-order valence-electron chi connectivity index (χ3n) is 2.86. The van der Waals surface area contributed by atoms with Gasteiger partial charge in [-0.25, -0.2) is 9.37 Å². The van der Waals surface area contributed by atoms with Crippen molar-refractivity contribution >= 4 is 23.3 Å². The van der Waals surface area contributed by atoms with Crippen molar-refractivity contribution in [1.82, 2.24) is 10.3 Å². The maximum absolute atomic E-state index is 13.7. The predicted octanol–water partition coefficient (Wildman–Crippen LogP) is 1.59. The quantitative estimate of drug-likeness (QED) is 0.875. The first-order chi connectivity index (χ1) is 8.13. The van der Waals surface area contributed by atoms with Crippen LogP contribution in [0.15, 0.2) is 12.3 Å². The van der Waals surface area contributed by atoms with Crippen LogP contribution in [0.3, 0.4) is 0 Å². The fourth-order valence-electron chi connectivity index (χ4n) is 2.08. The zero-order valence-electron chi connectivity index (χ0n) is 9.41. The number of halogens is 2. The molecule has 1 unspecified atom stereocenters. The first kappa shape index (κ1) is 12.1. The van der Waals surface area contributed by atoms with Crippen molar-refractivity contribution in [3.63, 3.8) is 0 Å². The van der Waals surface area contributed by atoms with Crippen LogP contribution in [0.2, 0.25) is 5.02 Å². The van der Waals surface area contributed by atoms with E-state index in [9.17, 15) is 9.18 Å². The number of carbonyl (C=O) groups excluding carboxylic acids is 1. The number of amides is 1. The van der Waals surface area contributed by atoms with Crippen molar-refractivity contribution in [1.29, 1.82) is 0 Å². The molecule has 1 N–H and O–H groups in total. The van der Waals surface area contributed by atoms with Crippen molar-refractivity contribution in [3.05, 3.63) is 23.1 Å². The van der Waals surface area contributed by atoms with Gasteiger partial charge < -0.3 is 10.2 Å². The van der Waals surface area contributed by atoms with E-state index in [1.807, 2.05) is 0 Å². The maximum atomic E-state index is 13.7. The second kappa shape index (κ2) is 4.87. The fourth-order valence-corrected chi connectivity index (χ4v) is 2.22. The average molecular weight is 258 g/mol. The number of aromatic nitrogens is 1. The number of hydrogen-bond acceptors (Lipinski definition) is 3. The molecule has 0 bridgehead atoms. The summed E-state index contributed by atoms with van der Waals surface area (Å²) in [6, 6.07) is 0.867. The molecule has 1 aliphatic rings. The van der Waals surface area contributed by atoms with Gasteiger partial charge in [0, 0.05) is 19.8 Å². The Balaban J connectivity index is 2.29. The Bertz CT molecular complexity index is 441. The molecule has 1 amide bonds. The molecule has 1 aromatic rings. The van der Waals surface area contributed by atoms with E-state index < -0.39 is 5.82 Å². The lowest BCUT2D eigenvalue weighted by atomic mass is 10.2. The summed E-state index contributed by atoms with van der Waals surface area (Å²) < 4.78 is 13.7. The average Bonchev–Trinajstić information content (AvgIpc) is 2.77. The van der Waals surface area contributed by atoms with E-state index in [-0.39, 0.29) is 22.8 Å². The highest BCUT2D eigenvalue weighted by atomic mass is 35.5. The second-order valence-corrected chi connectivity index (χ2v) is 4.36. The molecule has 0 aliphatic carbocycles. The van der Waals surface area contributed by atoms with Crippen LogP contribution in [0, 0.1) is 5.82 Å². The first-order valence-corrected chi connectivity index (χ1v) is 5.80. The molecule has 1 aromatic heterocycles. The predicted molar refractivity (Wildman–Crippen MR) is 63.6 cm³/mol. The number of rotatable bonds is 2. The van der Waals surface area contributed by atoms with E-state index in [1.54, 1.807) is 11.9 Å². The summed E-state index contributed by atoms with van der Waals surface area (Å²) in [6.45, 7) is 0.629. The third-order valence-corrected chi connectivity index (χ3v) is 3.07. The van der Waals surface area contributed by atoms with Gasteiger partial charge in [0.25, 0.3) is 0 Å². The second-order valence-electron chi connectivity index (χ2n) is 3.92. The van der Waals surface area contributed by atoms with Crippen LogP contribution in [0.25, 0.3) is 0 Å². The van der Waals surface area contributed by atoms with Gasteiger partial charge in [-0.1, -0.05) is 11.6 Å². The molecule has 0 saturated carbocycles. The van der Waals surface area contributed by atoms with Crippen LogP contribution in [-0.2, 0) is 4.79 Å². The SMILES string of the molecule is CNC(=O)C1CCCN1c1ncc(Cl)cc1F. The van der Waals surface area contributed by atoms with Crippen molar-refractivity contribution in [2.24, 2.45) is 0 Å². The normalized spacial score (nSPS) is 19.5. The Labute approximate surface area is 104 Å². The highest BCUT2D eigenvalue weighted by Gasteiger charge is 2.32. The molecule has 1 aliphatic heterocycles. The molecular formula is C11H13ClFN3O. The van der Waals surface area contributed by atoms with Crippen LogP contribution in [0.4, 0.5) is 10.2 Å². The zero-order chi connectivity index (χ0) is 12.4. The monoisotopic (exact) mass is 257 g/mol. The minimum atomic E-state index is -0.492. The molecule has 4 nitrogen and oxygen atoms in total. The summed E-state index contributed by atoms with van der Waals surface area (Å²) in [5.41, 5.74) is 0. The summed E-state index contributed by atoms with van der Waals surface area (Å²) in [6.07, 6.45) is 2.95. The number of nitrogens with zero attached hydrogens (tertiary/aromatic N) is 2. The summed E-state index contributed by atoms with van der Waals surface area (Å²) in [5, 5.41) is 2.83. The number of carbonyl (C=O) groups is 1. The summed E-state index contributed by atoms with van der Waals surface area (Å²) in [7, 11) is 1.57. The molecular weight excluding hydrogens is 245 g/mol. The van der Waals surface area contributed by atoms with Crippen molar-refractivity contribution in [3.8, 4) is 0 Å². The van der Waals surface area contributed by atoms with E-state index >= 15 is 0 Å². The molecule has 2 rings (SSSR count). The van der Waals surface area contributed by atoms with E-state index in [0.29, 0.717) is 13.0 Å². The van der Waals surface area contributed by atoms with Crippen LogP contribution >= 0.6 is 11.6 Å². The van der Waals surface area contributed by atoms with Gasteiger partial charge in [-0.05, 0) is 18.9 Å². The van der Waals surface area contributed by atoms with Crippen molar-refractivity contribution < 1.29 is 9.18 Å². The molecule has 1 fully saturated rings. The highest BCUT2D eigenvalue weighted by molar-refractivity contribution is 6.30. The van der Waals surface area contributed by atoms with Gasteiger partial charge in [0.1, 0.15) is 6.04 Å². The molecule has 6 heteroatoms. The summed E-state index contributed by atoms with van der Waals surface area (Å²) >= 11 is 5.65. The van der Waals surface area contributed by atoms with E-state index in [4.69, 9.17) is 11.6 Å². The Morgan fingerprint density at radius 2 is 2.47 bits per heavy atom. The van der Waals surface area contributed by atoms with Crippen LogP contribution < -0.4 is 10.2 Å². The largest absolute Gasteiger partial charge is 0.357 e. The van der Waals surface area contributed by atoms with Crippen LogP contribution in [-0.4, -0.2) is 30.5 Å². The van der Waals surface area contributed by atoms with Gasteiger partial charge in [-0.15, -0.1) is 0 Å². The minimum Gasteiger partial charge on any atom is -0.357 e. The van der Waals surface area contributed by atoms with Gasteiger partial charge in [-0.2, -0.15) is 0 Å². The molecule has 0 spiro atoms. The first-order valence-electron chi connectivity index (χ1n) is 5.42. The van der Waals surface area contributed by atoms with Crippen LogP contribution in [0.5, 0.6) is 0 Å². The van der Waals surface area contributed by atoms with E-state index in [1.165, 1.54) is 12.3 Å². The minimum absolute atomic E-state index is 0.112. The zero-order valence-corrected chi connectivity index (χ0v) is 10.2. The van der Waals surface area contributed by atoms with Crippen molar-refractivity contribution in [2.75, 3.05) is 18.5 Å². The molecule has 0 radical (unpaired) electrons. The maximum Gasteiger partial charge on any atom is 0.242 e. The molecule has 0 aromatic carbocycles. The Morgan fingerprint density at radius 3 is 3.12 bits per heavy atom. The standard InChI is InChI=1S/C11H13ClFN3O/c1-14-11(17)9-3-2-4-16(9)10-8(13)5-7(12)6-15-10/h5-6,9H,2-4H2,1H3,(H,14,17). The third kappa shape index (κ3) is 2.34. The number of pyridine rings is 1. The van der Waals surface area contributed by atoms with E-state index in [0.717, 1.165) is 6.42 Å². The number of nitrogens with one attached hydrogen (secondary N) is 1. The van der Waals surface area contributed by atoms with Gasteiger partial charge in [0.15, 0.2) is 11.6 Å². The van der Waals surface area contributed by atoms with E-state index in [2.05, 4.69) is 10.3 Å². The summed E-state index contributed by atoms with van der Waals surface area (Å²) in [5.74, 6) is -0.410. The highest BCUT2D eigenvalue weighted by Crippen LogP contribution is 2.27. The van der Waals surface area contributed by atoms with Gasteiger partial charge in [0.05, 0.1) is 5.02 Å². The Kier molecular flexibility index (Phi) is 3.47. The molecule has 92 valence electrons. The van der Waals surface area contributed by atoms with Gasteiger partial charge >= 0.3 is 0 Å². The molecule has 1 atom stereocenters. The van der Waals surface area contributed by atoms with Crippen LogP contribution in [0.1, 0.15) is 12.8 Å². The van der Waals surface area contributed by atoms with Gasteiger partial charge in [-0.3, -0.25) is 4.79 Å². The number of likely N-dealkylation sites (N-methyl/N-ethyl adjacent to an activating group) is 1. The topological polar surface area (TPSA) is 45.2 Å². The molecule has 17 heavy (non-hydrogen) atoms. The Morgan fingerprint density at radius 1 is 1.71 bits per heavy atom. The fraction of sp³-hybridized carbons (Fsp3) is 0.455. The number of anilines is 1. The van der Waals surface area contributed by atoms with Crippen molar-refractivity contribution in [2.45, 2.75) is 18.9 Å². The lowest BCUT2D eigenvalue weighted by molar-refractivity contribution is -0.121.